The average molecular weight is 434 g/mol. The lowest BCUT2D eigenvalue weighted by molar-refractivity contribution is -0.140. The van der Waals surface area contributed by atoms with Crippen LogP contribution in [0.3, 0.4) is 0 Å². The monoisotopic (exact) mass is 433 g/mol. The van der Waals surface area contributed by atoms with E-state index >= 15 is 0 Å². The van der Waals surface area contributed by atoms with E-state index in [-0.39, 0.29) is 0 Å². The van der Waals surface area contributed by atoms with E-state index in [0.717, 1.165) is 15.6 Å². The molecule has 2 aromatic carbocycles. The lowest BCUT2D eigenvalue weighted by Crippen LogP contribution is -2.37. The number of rotatable bonds is 8. The number of methoxy groups -OCH3 is 1. The van der Waals surface area contributed by atoms with E-state index in [1.165, 1.54) is 20.1 Å². The van der Waals surface area contributed by atoms with Crippen molar-refractivity contribution in [2.24, 2.45) is 0 Å². The molecule has 2 rings (SSSR count). The van der Waals surface area contributed by atoms with E-state index < -0.39 is 17.9 Å². The van der Waals surface area contributed by atoms with Gasteiger partial charge in [-0.1, -0.05) is 34.1 Å². The predicted molar refractivity (Wildman–Crippen MR) is 106 cm³/mol. The van der Waals surface area contributed by atoms with Gasteiger partial charge in [-0.05, 0) is 48.4 Å². The van der Waals surface area contributed by atoms with E-state index in [1.807, 2.05) is 24.3 Å². The third kappa shape index (κ3) is 6.45. The molecule has 0 aliphatic heterocycles. The van der Waals surface area contributed by atoms with Crippen LogP contribution in [0.1, 0.15) is 18.1 Å². The minimum absolute atomic E-state index is 0.397. The van der Waals surface area contributed by atoms with Gasteiger partial charge in [0.15, 0.2) is 11.5 Å². The Balaban J connectivity index is 2.02. The Kier molecular flexibility index (Phi) is 7.43. The van der Waals surface area contributed by atoms with Crippen LogP contribution < -0.4 is 14.8 Å². The van der Waals surface area contributed by atoms with Crippen molar-refractivity contribution in [2.75, 3.05) is 7.11 Å². The van der Waals surface area contributed by atoms with Gasteiger partial charge >= 0.3 is 5.97 Å². The number of nitrogens with one attached hydrogen (secondary N) is 1. The molecule has 7 heteroatoms. The molecule has 0 heterocycles. The predicted octanol–water partition coefficient (Wildman–Crippen LogP) is 3.64. The van der Waals surface area contributed by atoms with Crippen LogP contribution in [0, 0.1) is 0 Å². The first-order valence-corrected chi connectivity index (χ1v) is 8.95. The van der Waals surface area contributed by atoms with Crippen LogP contribution in [0.15, 0.2) is 53.0 Å². The second-order valence-electron chi connectivity index (χ2n) is 5.73. The minimum Gasteiger partial charge on any atom is -0.493 e. The van der Waals surface area contributed by atoms with Crippen molar-refractivity contribution >= 4 is 33.9 Å². The van der Waals surface area contributed by atoms with Crippen LogP contribution in [-0.4, -0.2) is 30.1 Å². The molecule has 0 spiro atoms. The fourth-order valence-electron chi connectivity index (χ4n) is 2.14. The Hall–Kier alpha value is -2.80. The number of benzene rings is 2. The van der Waals surface area contributed by atoms with Crippen molar-refractivity contribution in [1.29, 1.82) is 0 Å². The van der Waals surface area contributed by atoms with Gasteiger partial charge in [-0.25, -0.2) is 0 Å². The first-order valence-electron chi connectivity index (χ1n) is 8.15. The molecule has 0 saturated carbocycles. The molecule has 1 unspecified atom stereocenters. The first kappa shape index (κ1) is 20.5. The second kappa shape index (κ2) is 9.78. The standard InChI is InChI=1S/C20H20BrNO5/c1-13(20(24)25)22-19(23)10-6-14-5-9-17(18(11-14)26-2)27-12-15-3-7-16(21)8-4-15/h3-11,13H,12H2,1-2H3,(H,22,23)(H,24,25)/b10-6+. The Morgan fingerprint density at radius 1 is 1.19 bits per heavy atom. The summed E-state index contributed by atoms with van der Waals surface area (Å²) in [4.78, 5) is 22.5. The summed E-state index contributed by atoms with van der Waals surface area (Å²) in [7, 11) is 1.54. The van der Waals surface area contributed by atoms with E-state index in [9.17, 15) is 9.59 Å². The van der Waals surface area contributed by atoms with Crippen LogP contribution in [0.25, 0.3) is 6.08 Å². The number of amides is 1. The quantitative estimate of drug-likeness (QED) is 0.620. The fraction of sp³-hybridized carbons (Fsp3) is 0.200. The molecular weight excluding hydrogens is 414 g/mol. The van der Waals surface area contributed by atoms with Crippen molar-refractivity contribution in [1.82, 2.24) is 5.32 Å². The molecule has 27 heavy (non-hydrogen) atoms. The topological polar surface area (TPSA) is 84.9 Å². The first-order chi connectivity index (χ1) is 12.9. The SMILES string of the molecule is COc1cc(/C=C/C(=O)NC(C)C(=O)O)ccc1OCc1ccc(Br)cc1. The third-order valence-corrected chi connectivity index (χ3v) is 4.18. The van der Waals surface area contributed by atoms with Gasteiger partial charge in [-0.2, -0.15) is 0 Å². The van der Waals surface area contributed by atoms with Crippen LogP contribution >= 0.6 is 15.9 Å². The lowest BCUT2D eigenvalue weighted by atomic mass is 10.2. The van der Waals surface area contributed by atoms with Gasteiger partial charge < -0.3 is 19.9 Å². The molecule has 0 radical (unpaired) electrons. The van der Waals surface area contributed by atoms with Gasteiger partial charge in [0.25, 0.3) is 0 Å². The number of carboxylic acid groups (broad SMARTS) is 1. The van der Waals surface area contributed by atoms with Gasteiger partial charge in [0.05, 0.1) is 7.11 Å². The summed E-state index contributed by atoms with van der Waals surface area (Å²) < 4.78 is 12.2. The molecule has 0 aliphatic carbocycles. The van der Waals surface area contributed by atoms with Gasteiger partial charge in [0, 0.05) is 10.5 Å². The van der Waals surface area contributed by atoms with Crippen LogP contribution in [0.4, 0.5) is 0 Å². The smallest absolute Gasteiger partial charge is 0.325 e. The number of carboxylic acids is 1. The molecule has 0 saturated heterocycles. The van der Waals surface area contributed by atoms with Crippen molar-refractivity contribution < 1.29 is 24.2 Å². The zero-order valence-corrected chi connectivity index (χ0v) is 16.5. The number of ether oxygens (including phenoxy) is 2. The highest BCUT2D eigenvalue weighted by Crippen LogP contribution is 2.29. The van der Waals surface area contributed by atoms with Gasteiger partial charge in [-0.3, -0.25) is 9.59 Å². The van der Waals surface area contributed by atoms with Crippen LogP contribution in [0.5, 0.6) is 11.5 Å². The molecule has 1 atom stereocenters. The molecule has 6 nitrogen and oxygen atoms in total. The van der Waals surface area contributed by atoms with E-state index in [0.29, 0.717) is 18.1 Å². The van der Waals surface area contributed by atoms with Crippen LogP contribution in [0.2, 0.25) is 0 Å². The Labute approximate surface area is 165 Å². The number of carbonyl (C=O) groups is 2. The number of halogens is 1. The summed E-state index contributed by atoms with van der Waals surface area (Å²) in [5.41, 5.74) is 1.74. The zero-order chi connectivity index (χ0) is 19.8. The zero-order valence-electron chi connectivity index (χ0n) is 14.9. The highest BCUT2D eigenvalue weighted by Gasteiger charge is 2.12. The highest BCUT2D eigenvalue weighted by atomic mass is 79.9. The molecular formula is C20H20BrNO5. The minimum atomic E-state index is -1.09. The summed E-state index contributed by atoms with van der Waals surface area (Å²) in [6.45, 7) is 1.79. The number of carbonyl (C=O) groups excluding carboxylic acids is 1. The van der Waals surface area contributed by atoms with Crippen molar-refractivity contribution in [3.63, 3.8) is 0 Å². The average Bonchev–Trinajstić information content (AvgIpc) is 2.66. The summed E-state index contributed by atoms with van der Waals surface area (Å²) in [6.07, 6.45) is 2.85. The second-order valence-corrected chi connectivity index (χ2v) is 6.64. The molecule has 1 amide bonds. The van der Waals surface area contributed by atoms with E-state index in [2.05, 4.69) is 21.2 Å². The molecule has 142 valence electrons. The fourth-order valence-corrected chi connectivity index (χ4v) is 2.41. The molecule has 2 aromatic rings. The largest absolute Gasteiger partial charge is 0.493 e. The number of aliphatic carboxylic acids is 1. The highest BCUT2D eigenvalue weighted by molar-refractivity contribution is 9.10. The Morgan fingerprint density at radius 3 is 2.52 bits per heavy atom. The van der Waals surface area contributed by atoms with E-state index in [1.54, 1.807) is 24.3 Å². The van der Waals surface area contributed by atoms with Gasteiger partial charge in [0.1, 0.15) is 12.6 Å². The normalized spacial score (nSPS) is 11.8. The number of hydrogen-bond donors (Lipinski definition) is 2. The van der Waals surface area contributed by atoms with Crippen molar-refractivity contribution in [3.8, 4) is 11.5 Å². The summed E-state index contributed by atoms with van der Waals surface area (Å²) in [5.74, 6) is -0.458. The maximum Gasteiger partial charge on any atom is 0.325 e. The Morgan fingerprint density at radius 2 is 1.89 bits per heavy atom. The van der Waals surface area contributed by atoms with Crippen molar-refractivity contribution in [3.05, 3.63) is 64.1 Å². The maximum absolute atomic E-state index is 11.7. The molecule has 2 N–H and O–H groups in total. The number of hydrogen-bond acceptors (Lipinski definition) is 4. The lowest BCUT2D eigenvalue weighted by Gasteiger charge is -2.11. The van der Waals surface area contributed by atoms with Crippen molar-refractivity contribution in [2.45, 2.75) is 19.6 Å². The molecule has 0 bridgehead atoms. The van der Waals surface area contributed by atoms with Gasteiger partial charge in [-0.15, -0.1) is 0 Å². The summed E-state index contributed by atoms with van der Waals surface area (Å²) >= 11 is 3.39. The maximum atomic E-state index is 11.7. The molecule has 0 aliphatic rings. The van der Waals surface area contributed by atoms with E-state index in [4.69, 9.17) is 14.6 Å². The third-order valence-electron chi connectivity index (χ3n) is 3.65. The van der Waals surface area contributed by atoms with Gasteiger partial charge in [0.2, 0.25) is 5.91 Å². The Bertz CT molecular complexity index is 833. The molecule has 0 fully saturated rings. The molecule has 0 aromatic heterocycles. The summed E-state index contributed by atoms with van der Waals surface area (Å²) in [6, 6.07) is 12.1. The summed E-state index contributed by atoms with van der Waals surface area (Å²) in [5, 5.41) is 11.1. The van der Waals surface area contributed by atoms with Crippen LogP contribution in [-0.2, 0) is 16.2 Å².